The first-order chi connectivity index (χ1) is 17.1. The van der Waals surface area contributed by atoms with Crippen molar-refractivity contribution in [3.63, 3.8) is 0 Å². The Kier molecular flexibility index (Phi) is 8.93. The molecule has 0 saturated carbocycles. The molecule has 3 rings (SSSR count). The second-order valence-electron chi connectivity index (χ2n) is 9.17. The maximum absolute atomic E-state index is 13.3. The number of ether oxygens (including phenoxy) is 3. The van der Waals surface area contributed by atoms with Gasteiger partial charge in [0.05, 0.1) is 24.8 Å². The summed E-state index contributed by atoms with van der Waals surface area (Å²) in [5.41, 5.74) is 1.27. The maximum Gasteiger partial charge on any atom is 0.257 e. The van der Waals surface area contributed by atoms with Crippen LogP contribution >= 0.6 is 0 Å². The Bertz CT molecular complexity index is 1100. The Morgan fingerprint density at radius 2 is 1.83 bits per heavy atom. The summed E-state index contributed by atoms with van der Waals surface area (Å²) in [5.74, 6) is 0.302. The Morgan fingerprint density at radius 3 is 2.50 bits per heavy atom. The maximum atomic E-state index is 13.3. The summed E-state index contributed by atoms with van der Waals surface area (Å²) < 4.78 is 17.0. The highest BCUT2D eigenvalue weighted by Gasteiger charge is 2.29. The van der Waals surface area contributed by atoms with Gasteiger partial charge in [-0.2, -0.15) is 0 Å². The molecule has 2 aromatic carbocycles. The number of nitrogens with zero attached hydrogens (tertiary/aromatic N) is 2. The number of rotatable bonds is 4. The molecule has 0 unspecified atom stereocenters. The highest BCUT2D eigenvalue weighted by Crippen LogP contribution is 2.27. The van der Waals surface area contributed by atoms with Crippen molar-refractivity contribution in [2.75, 3.05) is 46.3 Å². The third-order valence-corrected chi connectivity index (χ3v) is 6.44. The summed E-state index contributed by atoms with van der Waals surface area (Å²) in [6.07, 6.45) is -0.252. The number of methoxy groups -OCH3 is 2. The molecule has 9 nitrogen and oxygen atoms in total. The molecule has 3 amide bonds. The van der Waals surface area contributed by atoms with Crippen molar-refractivity contribution < 1.29 is 28.6 Å². The summed E-state index contributed by atoms with van der Waals surface area (Å²) in [7, 11) is 4.86. The van der Waals surface area contributed by atoms with Crippen LogP contribution in [0.1, 0.15) is 41.5 Å². The number of hydrogen-bond acceptors (Lipinski definition) is 6. The lowest BCUT2D eigenvalue weighted by molar-refractivity contribution is -0.133. The minimum Gasteiger partial charge on any atom is -0.497 e. The van der Waals surface area contributed by atoms with Gasteiger partial charge in [-0.05, 0) is 37.3 Å². The second-order valence-corrected chi connectivity index (χ2v) is 9.17. The number of anilines is 1. The van der Waals surface area contributed by atoms with Crippen molar-refractivity contribution in [3.05, 3.63) is 53.6 Å². The summed E-state index contributed by atoms with van der Waals surface area (Å²) >= 11 is 0. The zero-order valence-corrected chi connectivity index (χ0v) is 21.7. The molecule has 1 N–H and O–H groups in total. The van der Waals surface area contributed by atoms with Crippen LogP contribution in [0.25, 0.3) is 0 Å². The number of benzene rings is 2. The molecule has 1 heterocycles. The van der Waals surface area contributed by atoms with E-state index in [0.717, 1.165) is 0 Å². The van der Waals surface area contributed by atoms with Gasteiger partial charge in [-0.1, -0.05) is 13.0 Å². The van der Waals surface area contributed by atoms with Crippen LogP contribution in [0.2, 0.25) is 0 Å². The summed E-state index contributed by atoms with van der Waals surface area (Å²) in [6.45, 7) is 6.46. The lowest BCUT2D eigenvalue weighted by Gasteiger charge is -2.35. The van der Waals surface area contributed by atoms with Gasteiger partial charge in [0, 0.05) is 57.4 Å². The van der Waals surface area contributed by atoms with Crippen molar-refractivity contribution in [2.24, 2.45) is 5.92 Å². The quantitative estimate of drug-likeness (QED) is 0.696. The summed E-state index contributed by atoms with van der Waals surface area (Å²) in [6, 6.07) is 11.5. The molecule has 0 bridgehead atoms. The number of hydrogen-bond donors (Lipinski definition) is 1. The van der Waals surface area contributed by atoms with Gasteiger partial charge in [0.2, 0.25) is 5.91 Å². The molecule has 0 fully saturated rings. The third-order valence-electron chi connectivity index (χ3n) is 6.44. The fraction of sp³-hybridized carbons (Fsp3) is 0.444. The standard InChI is InChI=1S/C27H35N3O6/c1-17-14-30(19(3)31)18(2)16-36-24-13-21(28-26(32)20-8-7-9-22(12-20)34-5)10-11-23(24)27(33)29(4)15-25(17)35-6/h7-13,17-18,25H,14-16H2,1-6H3,(H,28,32)/t17-,18+,25-/m1/s1. The van der Waals surface area contributed by atoms with Crippen molar-refractivity contribution in [3.8, 4) is 11.5 Å². The molecule has 0 saturated heterocycles. The molecule has 0 aliphatic carbocycles. The number of carbonyl (C=O) groups is 3. The van der Waals surface area contributed by atoms with Crippen molar-refractivity contribution >= 4 is 23.4 Å². The van der Waals surface area contributed by atoms with Gasteiger partial charge < -0.3 is 29.3 Å². The molecule has 0 aromatic heterocycles. The van der Waals surface area contributed by atoms with Gasteiger partial charge in [0.15, 0.2) is 0 Å². The highest BCUT2D eigenvalue weighted by molar-refractivity contribution is 6.05. The molecular weight excluding hydrogens is 462 g/mol. The van der Waals surface area contributed by atoms with E-state index in [4.69, 9.17) is 14.2 Å². The van der Waals surface area contributed by atoms with Gasteiger partial charge in [-0.3, -0.25) is 14.4 Å². The molecule has 194 valence electrons. The monoisotopic (exact) mass is 497 g/mol. The fourth-order valence-electron chi connectivity index (χ4n) is 4.26. The van der Waals surface area contributed by atoms with Gasteiger partial charge in [-0.25, -0.2) is 0 Å². The SMILES string of the molecule is COc1cccc(C(=O)Nc2ccc3c(c2)OC[C@H](C)N(C(C)=O)C[C@@H](C)[C@H](OC)CN(C)C3=O)c1. The summed E-state index contributed by atoms with van der Waals surface area (Å²) in [5, 5.41) is 2.85. The molecule has 0 spiro atoms. The first kappa shape index (κ1) is 27.0. The normalized spacial score (nSPS) is 20.9. The zero-order valence-electron chi connectivity index (χ0n) is 21.7. The Balaban J connectivity index is 1.93. The number of carbonyl (C=O) groups excluding carboxylic acids is 3. The molecule has 1 aliphatic rings. The lowest BCUT2D eigenvalue weighted by atomic mass is 10.0. The van der Waals surface area contributed by atoms with E-state index in [1.807, 2.05) is 13.8 Å². The second kappa shape index (κ2) is 11.9. The van der Waals surface area contributed by atoms with Gasteiger partial charge in [0.25, 0.3) is 11.8 Å². The van der Waals surface area contributed by atoms with E-state index in [1.54, 1.807) is 66.4 Å². The van der Waals surface area contributed by atoms with Crippen molar-refractivity contribution in [1.82, 2.24) is 9.80 Å². The molecule has 3 atom stereocenters. The predicted octanol–water partition coefficient (Wildman–Crippen LogP) is 3.30. The van der Waals surface area contributed by atoms with Crippen LogP contribution in [0.4, 0.5) is 5.69 Å². The van der Waals surface area contributed by atoms with E-state index in [9.17, 15) is 14.4 Å². The van der Waals surface area contributed by atoms with E-state index in [2.05, 4.69) is 5.32 Å². The number of nitrogens with one attached hydrogen (secondary N) is 1. The number of fused-ring (bicyclic) bond motifs is 1. The Morgan fingerprint density at radius 1 is 1.08 bits per heavy atom. The lowest BCUT2D eigenvalue weighted by Crippen LogP contribution is -2.48. The first-order valence-electron chi connectivity index (χ1n) is 11.9. The van der Waals surface area contributed by atoms with Crippen LogP contribution in [-0.4, -0.2) is 80.6 Å². The number of amides is 3. The van der Waals surface area contributed by atoms with Crippen LogP contribution in [0, 0.1) is 5.92 Å². The van der Waals surface area contributed by atoms with Crippen LogP contribution in [0.15, 0.2) is 42.5 Å². The van der Waals surface area contributed by atoms with Crippen molar-refractivity contribution in [1.29, 1.82) is 0 Å². The van der Waals surface area contributed by atoms with E-state index in [0.29, 0.717) is 41.4 Å². The van der Waals surface area contributed by atoms with E-state index in [-0.39, 0.29) is 42.4 Å². The Hall–Kier alpha value is -3.59. The topological polar surface area (TPSA) is 97.4 Å². The largest absolute Gasteiger partial charge is 0.497 e. The number of likely N-dealkylation sites (N-methyl/N-ethyl adjacent to an activating group) is 1. The van der Waals surface area contributed by atoms with Crippen LogP contribution < -0.4 is 14.8 Å². The summed E-state index contributed by atoms with van der Waals surface area (Å²) in [4.78, 5) is 41.9. The average Bonchev–Trinajstić information content (AvgIpc) is 2.87. The fourth-order valence-corrected chi connectivity index (χ4v) is 4.26. The average molecular weight is 498 g/mol. The van der Waals surface area contributed by atoms with Gasteiger partial charge >= 0.3 is 0 Å². The smallest absolute Gasteiger partial charge is 0.257 e. The van der Waals surface area contributed by atoms with E-state index in [1.165, 1.54) is 14.0 Å². The molecule has 0 radical (unpaired) electrons. The molecular formula is C27H35N3O6. The van der Waals surface area contributed by atoms with Crippen LogP contribution in [-0.2, 0) is 9.53 Å². The minimum atomic E-state index is -0.321. The predicted molar refractivity (Wildman–Crippen MR) is 137 cm³/mol. The molecule has 1 aliphatic heterocycles. The van der Waals surface area contributed by atoms with Crippen LogP contribution in [0.3, 0.4) is 0 Å². The molecule has 2 aromatic rings. The minimum absolute atomic E-state index is 0.00435. The van der Waals surface area contributed by atoms with Crippen LogP contribution in [0.5, 0.6) is 11.5 Å². The van der Waals surface area contributed by atoms with Gasteiger partial charge in [0.1, 0.15) is 18.1 Å². The highest BCUT2D eigenvalue weighted by atomic mass is 16.5. The molecule has 9 heteroatoms. The van der Waals surface area contributed by atoms with Crippen molar-refractivity contribution in [2.45, 2.75) is 32.9 Å². The van der Waals surface area contributed by atoms with E-state index >= 15 is 0 Å². The first-order valence-corrected chi connectivity index (χ1v) is 11.9. The zero-order chi connectivity index (χ0) is 26.4. The third kappa shape index (κ3) is 6.34. The molecule has 36 heavy (non-hydrogen) atoms. The van der Waals surface area contributed by atoms with E-state index < -0.39 is 0 Å². The Labute approximate surface area is 212 Å². The van der Waals surface area contributed by atoms with Gasteiger partial charge in [-0.15, -0.1) is 0 Å².